The van der Waals surface area contributed by atoms with Crippen molar-refractivity contribution in [2.45, 2.75) is 31.8 Å². The number of rotatable bonds is 3. The molecular weight excluding hydrogens is 256 g/mol. The fourth-order valence-corrected chi connectivity index (χ4v) is 1.93. The Labute approximate surface area is 108 Å². The van der Waals surface area contributed by atoms with Gasteiger partial charge in [0.2, 0.25) is 5.95 Å². The summed E-state index contributed by atoms with van der Waals surface area (Å²) in [6.45, 7) is 1.20. The van der Waals surface area contributed by atoms with E-state index in [2.05, 4.69) is 9.97 Å². The lowest BCUT2D eigenvalue weighted by Crippen LogP contribution is -2.34. The summed E-state index contributed by atoms with van der Waals surface area (Å²) in [6.07, 6.45) is -0.254. The van der Waals surface area contributed by atoms with E-state index in [0.29, 0.717) is 0 Å². The average Bonchev–Trinajstić information content (AvgIpc) is 2.67. The van der Waals surface area contributed by atoms with Gasteiger partial charge in [-0.2, -0.15) is 4.98 Å². The van der Waals surface area contributed by atoms with Crippen molar-refractivity contribution in [1.82, 2.24) is 14.5 Å². The molecule has 0 amide bonds. The Morgan fingerprint density at radius 2 is 2.47 bits per heavy atom. The predicted molar refractivity (Wildman–Crippen MR) is 61.9 cm³/mol. The Hall–Kier alpha value is -2.00. The van der Waals surface area contributed by atoms with Crippen molar-refractivity contribution in [3.8, 4) is 0 Å². The van der Waals surface area contributed by atoms with Gasteiger partial charge in [0.1, 0.15) is 19.0 Å². The molecule has 1 aromatic heterocycles. The number of nitrogens with zero attached hydrogens (tertiary/aromatic N) is 3. The monoisotopic (exact) mass is 270 g/mol. The maximum atomic E-state index is 11.7. The van der Waals surface area contributed by atoms with Crippen LogP contribution in [0.4, 0.5) is 5.95 Å². The first-order valence-electron chi connectivity index (χ1n) is 5.65. The zero-order valence-corrected chi connectivity index (χ0v) is 10.2. The number of esters is 1. The largest absolute Gasteiger partial charge is 0.463 e. The highest BCUT2D eigenvalue weighted by Crippen LogP contribution is 2.28. The second kappa shape index (κ2) is 5.33. The molecule has 0 saturated carbocycles. The molecule has 0 spiro atoms. The van der Waals surface area contributed by atoms with Gasteiger partial charge in [-0.1, -0.05) is 0 Å². The average molecular weight is 270 g/mol. The van der Waals surface area contributed by atoms with Gasteiger partial charge in [-0.25, -0.2) is 9.78 Å². The van der Waals surface area contributed by atoms with Crippen LogP contribution >= 0.6 is 0 Å². The maximum absolute atomic E-state index is 11.7. The van der Waals surface area contributed by atoms with Crippen LogP contribution in [0, 0.1) is 0 Å². The number of nitrogen functional groups attached to an aromatic ring is 1. The third kappa shape index (κ3) is 3.06. The molecule has 0 bridgehead atoms. The SMILES string of the molecule is CC(=O)OC[C@H]1OC(O)C[C@@H]1n1cnc(N)nc1=O. The van der Waals surface area contributed by atoms with E-state index in [-0.39, 0.29) is 19.0 Å². The molecule has 1 fully saturated rings. The van der Waals surface area contributed by atoms with Gasteiger partial charge in [0.05, 0.1) is 6.04 Å². The van der Waals surface area contributed by atoms with E-state index < -0.39 is 30.1 Å². The van der Waals surface area contributed by atoms with Gasteiger partial charge < -0.3 is 20.3 Å². The van der Waals surface area contributed by atoms with Gasteiger partial charge >= 0.3 is 11.7 Å². The quantitative estimate of drug-likeness (QED) is 0.630. The van der Waals surface area contributed by atoms with Crippen molar-refractivity contribution in [2.75, 3.05) is 12.3 Å². The van der Waals surface area contributed by atoms with Crippen LogP contribution in [-0.4, -0.2) is 44.6 Å². The van der Waals surface area contributed by atoms with Crippen molar-refractivity contribution >= 4 is 11.9 Å². The molecule has 9 heteroatoms. The molecule has 1 unspecified atom stereocenters. The topological polar surface area (TPSA) is 130 Å². The fraction of sp³-hybridized carbons (Fsp3) is 0.600. The Morgan fingerprint density at radius 3 is 3.11 bits per heavy atom. The van der Waals surface area contributed by atoms with Crippen LogP contribution in [0.25, 0.3) is 0 Å². The number of aromatic nitrogens is 3. The summed E-state index contributed by atoms with van der Waals surface area (Å²) in [5.41, 5.74) is 4.71. The molecule has 0 aromatic carbocycles. The lowest BCUT2D eigenvalue weighted by molar-refractivity contribution is -0.151. The Morgan fingerprint density at radius 1 is 1.74 bits per heavy atom. The van der Waals surface area contributed by atoms with Crippen LogP contribution in [0.5, 0.6) is 0 Å². The highest BCUT2D eigenvalue weighted by atomic mass is 16.6. The van der Waals surface area contributed by atoms with E-state index in [1.165, 1.54) is 17.8 Å². The maximum Gasteiger partial charge on any atom is 0.352 e. The summed E-state index contributed by atoms with van der Waals surface area (Å²) in [5.74, 6) is -0.595. The van der Waals surface area contributed by atoms with Crippen LogP contribution in [0.3, 0.4) is 0 Å². The van der Waals surface area contributed by atoms with E-state index in [4.69, 9.17) is 15.2 Å². The van der Waals surface area contributed by atoms with Crippen molar-refractivity contribution in [1.29, 1.82) is 0 Å². The zero-order valence-electron chi connectivity index (χ0n) is 10.2. The van der Waals surface area contributed by atoms with Crippen molar-refractivity contribution in [3.05, 3.63) is 16.8 Å². The molecule has 2 heterocycles. The number of aliphatic hydroxyl groups excluding tert-OH is 1. The molecule has 19 heavy (non-hydrogen) atoms. The molecule has 3 N–H and O–H groups in total. The third-order valence-electron chi connectivity index (χ3n) is 2.76. The highest BCUT2D eigenvalue weighted by molar-refractivity contribution is 5.65. The minimum atomic E-state index is -1.03. The number of hydrogen-bond donors (Lipinski definition) is 2. The molecule has 2 rings (SSSR count). The normalized spacial score (nSPS) is 26.3. The van der Waals surface area contributed by atoms with E-state index in [1.807, 2.05) is 0 Å². The minimum Gasteiger partial charge on any atom is -0.463 e. The first-order chi connectivity index (χ1) is 8.97. The molecule has 0 aliphatic carbocycles. The molecule has 1 saturated heterocycles. The Kier molecular flexibility index (Phi) is 3.76. The number of hydrogen-bond acceptors (Lipinski definition) is 8. The second-order valence-electron chi connectivity index (χ2n) is 4.14. The first kappa shape index (κ1) is 13.4. The van der Waals surface area contributed by atoms with Gasteiger partial charge in [0.15, 0.2) is 6.29 Å². The summed E-state index contributed by atoms with van der Waals surface area (Å²) < 4.78 is 11.2. The van der Waals surface area contributed by atoms with Crippen LogP contribution in [0.1, 0.15) is 19.4 Å². The highest BCUT2D eigenvalue weighted by Gasteiger charge is 2.37. The number of nitrogens with two attached hydrogens (primary N) is 1. The van der Waals surface area contributed by atoms with Crippen molar-refractivity contribution in [2.24, 2.45) is 0 Å². The lowest BCUT2D eigenvalue weighted by atomic mass is 10.1. The van der Waals surface area contributed by atoms with Crippen LogP contribution < -0.4 is 11.4 Å². The summed E-state index contributed by atoms with van der Waals surface area (Å²) >= 11 is 0. The van der Waals surface area contributed by atoms with E-state index in [1.54, 1.807) is 0 Å². The van der Waals surface area contributed by atoms with Crippen molar-refractivity contribution < 1.29 is 19.4 Å². The summed E-state index contributed by atoms with van der Waals surface area (Å²) in [6, 6.07) is -0.512. The van der Waals surface area contributed by atoms with E-state index in [9.17, 15) is 14.7 Å². The fourth-order valence-electron chi connectivity index (χ4n) is 1.93. The molecule has 1 aliphatic heterocycles. The van der Waals surface area contributed by atoms with E-state index in [0.717, 1.165) is 0 Å². The minimum absolute atomic E-state index is 0.0616. The number of carbonyl (C=O) groups excluding carboxylic acids is 1. The smallest absolute Gasteiger partial charge is 0.352 e. The number of aliphatic hydroxyl groups is 1. The first-order valence-corrected chi connectivity index (χ1v) is 5.65. The number of anilines is 1. The second-order valence-corrected chi connectivity index (χ2v) is 4.14. The molecule has 9 nitrogen and oxygen atoms in total. The molecular formula is C10H14N4O5. The number of carbonyl (C=O) groups is 1. The zero-order chi connectivity index (χ0) is 14.0. The standard InChI is InChI=1S/C10H14N4O5/c1-5(15)18-3-7-6(2-8(16)19-7)14-4-12-9(11)13-10(14)17/h4,6-8,16H,2-3H2,1H3,(H2,11,13,17)/t6-,7+,8?/m0/s1. The lowest BCUT2D eigenvalue weighted by Gasteiger charge is -2.19. The third-order valence-corrected chi connectivity index (χ3v) is 2.76. The van der Waals surface area contributed by atoms with E-state index >= 15 is 0 Å². The van der Waals surface area contributed by atoms with Crippen LogP contribution in [0.15, 0.2) is 11.1 Å². The summed E-state index contributed by atoms with van der Waals surface area (Å²) in [7, 11) is 0. The van der Waals surface area contributed by atoms with Gasteiger partial charge in [0, 0.05) is 13.3 Å². The van der Waals surface area contributed by atoms with Crippen LogP contribution in [-0.2, 0) is 14.3 Å². The van der Waals surface area contributed by atoms with Crippen molar-refractivity contribution in [3.63, 3.8) is 0 Å². The Bertz CT molecular complexity index is 531. The molecule has 3 atom stereocenters. The van der Waals surface area contributed by atoms with Gasteiger partial charge in [0.25, 0.3) is 0 Å². The summed E-state index contributed by atoms with van der Waals surface area (Å²) in [4.78, 5) is 29.7. The molecule has 1 aliphatic rings. The van der Waals surface area contributed by atoms with Gasteiger partial charge in [-0.3, -0.25) is 9.36 Å². The number of ether oxygens (including phenoxy) is 2. The predicted octanol–water partition coefficient (Wildman–Crippen LogP) is -1.57. The van der Waals surface area contributed by atoms with Crippen LogP contribution in [0.2, 0.25) is 0 Å². The molecule has 1 aromatic rings. The van der Waals surface area contributed by atoms with Gasteiger partial charge in [-0.05, 0) is 0 Å². The molecule has 104 valence electrons. The molecule has 0 radical (unpaired) electrons. The van der Waals surface area contributed by atoms with Gasteiger partial charge in [-0.15, -0.1) is 0 Å². The summed E-state index contributed by atoms with van der Waals surface area (Å²) in [5, 5.41) is 9.50. The Balaban J connectivity index is 2.20.